The fourth-order valence-corrected chi connectivity index (χ4v) is 0.998. The fraction of sp³-hybridized carbons (Fsp3) is 0.273. The van der Waals surface area contributed by atoms with Crippen LogP contribution in [-0.2, 0) is 0 Å². The average molecular weight is 230 g/mol. The molecular formula is C11H9F3O2. The molecule has 0 aromatic heterocycles. The lowest BCUT2D eigenvalue weighted by Gasteiger charge is -2.13. The normalized spacial score (nSPS) is 10.6. The van der Waals surface area contributed by atoms with Crippen molar-refractivity contribution in [2.45, 2.75) is 12.8 Å². The van der Waals surface area contributed by atoms with Crippen molar-refractivity contribution >= 4 is 0 Å². The second-order valence-corrected chi connectivity index (χ2v) is 2.80. The van der Waals surface area contributed by atoms with E-state index in [1.54, 1.807) is 6.07 Å². The third-order valence-electron chi connectivity index (χ3n) is 1.58. The van der Waals surface area contributed by atoms with E-state index in [0.29, 0.717) is 6.42 Å². The molecule has 0 unspecified atom stereocenters. The summed E-state index contributed by atoms with van der Waals surface area (Å²) in [6, 6.07) is 5.54. The van der Waals surface area contributed by atoms with Crippen LogP contribution in [0, 0.1) is 12.3 Å². The molecule has 0 heterocycles. The van der Waals surface area contributed by atoms with Crippen molar-refractivity contribution < 1.29 is 22.6 Å². The summed E-state index contributed by atoms with van der Waals surface area (Å²) in [6.07, 6.45) is 0.580. The Bertz CT molecular complexity index is 380. The van der Waals surface area contributed by atoms with Gasteiger partial charge >= 0.3 is 6.36 Å². The van der Waals surface area contributed by atoms with Gasteiger partial charge in [0.25, 0.3) is 0 Å². The number of hydrogen-bond acceptors (Lipinski definition) is 2. The molecule has 16 heavy (non-hydrogen) atoms. The Kier molecular flexibility index (Phi) is 4.06. The maximum atomic E-state index is 12.0. The van der Waals surface area contributed by atoms with Crippen molar-refractivity contribution in [3.63, 3.8) is 0 Å². The van der Waals surface area contributed by atoms with Gasteiger partial charge in [-0.05, 0) is 12.1 Å². The molecule has 0 bridgehead atoms. The Hall–Kier alpha value is -1.83. The van der Waals surface area contributed by atoms with Crippen LogP contribution in [0.25, 0.3) is 0 Å². The molecule has 86 valence electrons. The highest BCUT2D eigenvalue weighted by molar-refractivity contribution is 5.39. The molecule has 1 aromatic rings. The summed E-state index contributed by atoms with van der Waals surface area (Å²) >= 11 is 0. The lowest BCUT2D eigenvalue weighted by molar-refractivity contribution is -0.275. The molecule has 0 amide bonds. The Labute approximate surface area is 91.0 Å². The van der Waals surface area contributed by atoms with Crippen LogP contribution in [0.1, 0.15) is 6.42 Å². The number of halogens is 3. The molecular weight excluding hydrogens is 221 g/mol. The number of terminal acetylenes is 1. The molecule has 1 rings (SSSR count). The summed E-state index contributed by atoms with van der Waals surface area (Å²) in [5, 5.41) is 0. The van der Waals surface area contributed by atoms with Crippen LogP contribution in [0.2, 0.25) is 0 Å². The molecule has 0 saturated carbocycles. The van der Waals surface area contributed by atoms with E-state index in [4.69, 9.17) is 11.2 Å². The van der Waals surface area contributed by atoms with Gasteiger partial charge in [0.15, 0.2) is 11.5 Å². The zero-order valence-corrected chi connectivity index (χ0v) is 8.25. The van der Waals surface area contributed by atoms with Crippen molar-refractivity contribution in [1.82, 2.24) is 0 Å². The Morgan fingerprint density at radius 2 is 1.81 bits per heavy atom. The summed E-state index contributed by atoms with van der Waals surface area (Å²) in [7, 11) is 0. The van der Waals surface area contributed by atoms with Crippen molar-refractivity contribution in [2.24, 2.45) is 0 Å². The average Bonchev–Trinajstić information content (AvgIpc) is 2.19. The summed E-state index contributed by atoms with van der Waals surface area (Å²) in [5.41, 5.74) is 0. The largest absolute Gasteiger partial charge is 0.573 e. The summed E-state index contributed by atoms with van der Waals surface area (Å²) in [4.78, 5) is 0. The van der Waals surface area contributed by atoms with Crippen LogP contribution in [-0.4, -0.2) is 13.0 Å². The van der Waals surface area contributed by atoms with Crippen LogP contribution in [0.5, 0.6) is 11.5 Å². The number of rotatable bonds is 4. The lowest BCUT2D eigenvalue weighted by Crippen LogP contribution is -2.17. The molecule has 2 nitrogen and oxygen atoms in total. The SMILES string of the molecule is C#CCCOc1ccccc1OC(F)(F)F. The Morgan fingerprint density at radius 3 is 2.38 bits per heavy atom. The van der Waals surface area contributed by atoms with Crippen molar-refractivity contribution in [2.75, 3.05) is 6.61 Å². The third-order valence-corrected chi connectivity index (χ3v) is 1.58. The number of ether oxygens (including phenoxy) is 2. The molecule has 5 heteroatoms. The van der Waals surface area contributed by atoms with Crippen LogP contribution >= 0.6 is 0 Å². The van der Waals surface area contributed by atoms with Crippen LogP contribution in [0.3, 0.4) is 0 Å². The fourth-order valence-electron chi connectivity index (χ4n) is 0.998. The van der Waals surface area contributed by atoms with E-state index in [0.717, 1.165) is 0 Å². The Morgan fingerprint density at radius 1 is 1.19 bits per heavy atom. The minimum absolute atomic E-state index is 0.0232. The molecule has 0 atom stereocenters. The maximum Gasteiger partial charge on any atom is 0.573 e. The van der Waals surface area contributed by atoms with E-state index in [2.05, 4.69) is 10.7 Å². The molecule has 0 fully saturated rings. The molecule has 0 aliphatic rings. The van der Waals surface area contributed by atoms with E-state index in [-0.39, 0.29) is 18.1 Å². The number of hydrogen-bond donors (Lipinski definition) is 0. The first kappa shape index (κ1) is 12.2. The van der Waals surface area contributed by atoms with E-state index >= 15 is 0 Å². The van der Waals surface area contributed by atoms with E-state index in [1.165, 1.54) is 18.2 Å². The van der Waals surface area contributed by atoms with Gasteiger partial charge in [-0.15, -0.1) is 25.5 Å². The van der Waals surface area contributed by atoms with E-state index in [1.807, 2.05) is 0 Å². The van der Waals surface area contributed by atoms with E-state index < -0.39 is 6.36 Å². The highest BCUT2D eigenvalue weighted by Crippen LogP contribution is 2.31. The van der Waals surface area contributed by atoms with Gasteiger partial charge in [0, 0.05) is 6.42 Å². The van der Waals surface area contributed by atoms with Gasteiger partial charge in [0.1, 0.15) is 0 Å². The van der Waals surface area contributed by atoms with Gasteiger partial charge in [-0.1, -0.05) is 12.1 Å². The molecule has 0 radical (unpaired) electrons. The highest BCUT2D eigenvalue weighted by atomic mass is 19.4. The molecule has 0 saturated heterocycles. The smallest absolute Gasteiger partial charge is 0.489 e. The summed E-state index contributed by atoms with van der Waals surface area (Å²) in [5.74, 6) is 1.97. The first-order valence-electron chi connectivity index (χ1n) is 4.44. The zero-order valence-electron chi connectivity index (χ0n) is 8.25. The lowest BCUT2D eigenvalue weighted by atomic mass is 10.3. The van der Waals surface area contributed by atoms with Gasteiger partial charge < -0.3 is 9.47 Å². The second kappa shape index (κ2) is 5.31. The van der Waals surface area contributed by atoms with E-state index in [9.17, 15) is 13.2 Å². The van der Waals surface area contributed by atoms with Gasteiger partial charge in [0.2, 0.25) is 0 Å². The number of benzene rings is 1. The third kappa shape index (κ3) is 4.13. The minimum atomic E-state index is -4.73. The predicted octanol–water partition coefficient (Wildman–Crippen LogP) is 2.99. The van der Waals surface area contributed by atoms with Gasteiger partial charge in [-0.3, -0.25) is 0 Å². The van der Waals surface area contributed by atoms with Crippen molar-refractivity contribution in [3.05, 3.63) is 24.3 Å². The predicted molar refractivity (Wildman–Crippen MR) is 52.1 cm³/mol. The molecule has 0 N–H and O–H groups in total. The van der Waals surface area contributed by atoms with Crippen LogP contribution in [0.4, 0.5) is 13.2 Å². The van der Waals surface area contributed by atoms with Crippen molar-refractivity contribution in [1.29, 1.82) is 0 Å². The molecule has 0 spiro atoms. The van der Waals surface area contributed by atoms with Gasteiger partial charge in [-0.25, -0.2) is 0 Å². The standard InChI is InChI=1S/C11H9F3O2/c1-2-3-8-15-9-6-4-5-7-10(9)16-11(12,13)14/h1,4-7H,3,8H2. The van der Waals surface area contributed by atoms with Gasteiger partial charge in [0.05, 0.1) is 6.61 Å². The van der Waals surface area contributed by atoms with Crippen LogP contribution < -0.4 is 9.47 Å². The molecule has 1 aromatic carbocycles. The second-order valence-electron chi connectivity index (χ2n) is 2.80. The Balaban J connectivity index is 2.72. The topological polar surface area (TPSA) is 18.5 Å². The number of para-hydroxylation sites is 2. The molecule has 0 aliphatic carbocycles. The maximum absolute atomic E-state index is 12.0. The molecule has 0 aliphatic heterocycles. The monoisotopic (exact) mass is 230 g/mol. The summed E-state index contributed by atoms with van der Waals surface area (Å²) in [6.45, 7) is 0.148. The first-order chi connectivity index (χ1) is 7.53. The van der Waals surface area contributed by atoms with Crippen LogP contribution in [0.15, 0.2) is 24.3 Å². The summed E-state index contributed by atoms with van der Waals surface area (Å²) < 4.78 is 44.8. The quantitative estimate of drug-likeness (QED) is 0.584. The zero-order chi connectivity index (χ0) is 12.0. The minimum Gasteiger partial charge on any atom is -0.489 e. The first-order valence-corrected chi connectivity index (χ1v) is 4.44. The van der Waals surface area contributed by atoms with Gasteiger partial charge in [-0.2, -0.15) is 0 Å². The number of alkyl halides is 3. The van der Waals surface area contributed by atoms with Crippen molar-refractivity contribution in [3.8, 4) is 23.8 Å². The highest BCUT2D eigenvalue weighted by Gasteiger charge is 2.32.